The van der Waals surface area contributed by atoms with Crippen molar-refractivity contribution in [2.45, 2.75) is 0 Å². The predicted molar refractivity (Wildman–Crippen MR) is 24.9 cm³/mol. The third-order valence-corrected chi connectivity index (χ3v) is 0. The molecule has 0 fully saturated rings. The van der Waals surface area contributed by atoms with Crippen LogP contribution in [0, 0.1) is 0 Å². The molecular weight excluding hydrogens is 144 g/mol. The summed E-state index contributed by atoms with van der Waals surface area (Å²) in [5, 5.41) is 0. The first-order chi connectivity index (χ1) is 0. The van der Waals surface area contributed by atoms with Crippen LogP contribution < -0.4 is 0 Å². The minimum absolute atomic E-state index is 0. The highest BCUT2D eigenvalue weighted by molar-refractivity contribution is 7.59. The molecule has 0 atom stereocenters. The molecule has 0 aliphatic heterocycles. The summed E-state index contributed by atoms with van der Waals surface area (Å²) in [5.74, 6) is 0. The molecule has 6 heteroatoms. The van der Waals surface area contributed by atoms with Crippen LogP contribution in [0.4, 0.5) is 18.8 Å². The molecule has 0 aliphatic rings. The first-order valence-electron chi connectivity index (χ1n) is 0. The van der Waals surface area contributed by atoms with Crippen molar-refractivity contribution in [3.63, 3.8) is 0 Å². The molecule has 0 rings (SSSR count). The Morgan fingerprint density at radius 3 is 0.500 bits per heavy atom. The van der Waals surface area contributed by atoms with Crippen molar-refractivity contribution in [1.29, 1.82) is 0 Å². The largest absolute Gasteiger partial charge is 0.269 e. The molecule has 46 valence electrons. The van der Waals surface area contributed by atoms with Crippen LogP contribution in [0.1, 0.15) is 0 Å². The highest BCUT2D eigenvalue weighted by Gasteiger charge is 0.0000221. The second-order valence-electron chi connectivity index (χ2n) is 0. The van der Waals surface area contributed by atoms with Gasteiger partial charge in [-0.05, 0) is 0 Å². The highest BCUT2D eigenvalue weighted by Crippen LogP contribution is 0.690. The zero-order valence-corrected chi connectivity index (χ0v) is 4.08. The van der Waals surface area contributed by atoms with Crippen LogP contribution >= 0.6 is 25.9 Å². The van der Waals surface area contributed by atoms with Crippen molar-refractivity contribution >= 4 is 25.9 Å². The molecule has 0 saturated carbocycles. The topological polar surface area (TPSA) is 0 Å². The van der Waals surface area contributed by atoms with Crippen LogP contribution in [-0.4, -0.2) is 0 Å². The second-order valence-corrected chi connectivity index (χ2v) is 0. The molecule has 0 aromatic carbocycles. The molecule has 0 unspecified atom stereocenters. The average Bonchev–Trinajstić information content (AvgIpc) is 0. The molecule has 0 heterocycles. The van der Waals surface area contributed by atoms with E-state index in [0.29, 0.717) is 0 Å². The van der Waals surface area contributed by atoms with E-state index in [1.807, 2.05) is 0 Å². The molecule has 0 aromatic rings. The number of halogens is 5. The molecule has 0 bridgehead atoms. The second kappa shape index (κ2) is 786. The minimum atomic E-state index is 0. The third kappa shape index (κ3) is 380. The Morgan fingerprint density at radius 1 is 0.500 bits per heavy atom. The van der Waals surface area contributed by atoms with E-state index in [1.54, 1.807) is 0 Å². The average molecular weight is 149 g/mol. The Hall–Kier alpha value is 0.360. The molecule has 6 heavy (non-hydrogen) atoms. The molecule has 0 amide bonds. The molecular formula is H5ClF4S. The minimum Gasteiger partial charge on any atom is -0.269 e. The van der Waals surface area contributed by atoms with Gasteiger partial charge in [0, 0.05) is 13.5 Å². The molecule has 0 nitrogen and oxygen atoms in total. The van der Waals surface area contributed by atoms with Crippen molar-refractivity contribution in [3.05, 3.63) is 0 Å². The van der Waals surface area contributed by atoms with Crippen molar-refractivity contribution in [1.82, 2.24) is 0 Å². The van der Waals surface area contributed by atoms with Gasteiger partial charge in [0.25, 0.3) is 0 Å². The van der Waals surface area contributed by atoms with Gasteiger partial charge in [0.1, 0.15) is 0 Å². The maximum Gasteiger partial charge on any atom is 0 e. The zero-order valence-electron chi connectivity index (χ0n) is 2.45. The van der Waals surface area contributed by atoms with E-state index in [9.17, 15) is 0 Å². The fourth-order valence-electron chi connectivity index (χ4n) is 0. The summed E-state index contributed by atoms with van der Waals surface area (Å²) >= 11 is 0. The Morgan fingerprint density at radius 2 is 0.500 bits per heavy atom. The lowest BCUT2D eigenvalue weighted by Crippen LogP contribution is 0.419. The molecule has 0 N–H and O–H groups in total. The molecule has 0 aromatic heterocycles. The Bertz CT molecular complexity index is 7.51. The maximum absolute atomic E-state index is 0. The van der Waals surface area contributed by atoms with Crippen molar-refractivity contribution < 1.29 is 18.8 Å². The fourth-order valence-corrected chi connectivity index (χ4v) is 0. The third-order valence-electron chi connectivity index (χ3n) is 0. The standard InChI is InChI=1S/ClH.4FH.S/h5*1H;. The van der Waals surface area contributed by atoms with E-state index >= 15 is 0 Å². The van der Waals surface area contributed by atoms with Gasteiger partial charge in [-0.2, -0.15) is 0 Å². The van der Waals surface area contributed by atoms with Crippen molar-refractivity contribution in [2.75, 3.05) is 0 Å². The monoisotopic (exact) mass is 148 g/mol. The van der Waals surface area contributed by atoms with E-state index in [0.717, 1.165) is 0 Å². The van der Waals surface area contributed by atoms with E-state index < -0.39 is 0 Å². The van der Waals surface area contributed by atoms with Gasteiger partial charge in [-0.1, -0.05) is 0 Å². The van der Waals surface area contributed by atoms with Gasteiger partial charge in [-0.15, -0.1) is 12.4 Å². The van der Waals surface area contributed by atoms with Crippen molar-refractivity contribution in [2.24, 2.45) is 0 Å². The molecule has 0 aliphatic carbocycles. The lowest BCUT2D eigenvalue weighted by Gasteiger charge is -0.270. The summed E-state index contributed by atoms with van der Waals surface area (Å²) < 4.78 is 0. The summed E-state index contributed by atoms with van der Waals surface area (Å²) in [6.45, 7) is 0. The zero-order chi connectivity index (χ0) is 0. The SMILES string of the molecule is Cl.F.F.F.F.[S]. The van der Waals surface area contributed by atoms with Crippen LogP contribution in [0.2, 0.25) is 0 Å². The number of rotatable bonds is 0. The van der Waals surface area contributed by atoms with Gasteiger partial charge in [0.2, 0.25) is 0 Å². The van der Waals surface area contributed by atoms with Crippen LogP contribution in [0.3, 0.4) is 0 Å². The fraction of sp³-hybridized carbons (Fsp3) is 0. The Labute approximate surface area is 45.6 Å². The first-order valence-corrected chi connectivity index (χ1v) is 0. The van der Waals surface area contributed by atoms with E-state index in [-0.39, 0.29) is 44.7 Å². The van der Waals surface area contributed by atoms with Crippen LogP contribution in [0.5, 0.6) is 0 Å². The Balaban J connectivity index is 0. The predicted octanol–water partition coefficient (Wildman–Crippen LogP) is 1.68. The maximum atomic E-state index is 0. The van der Waals surface area contributed by atoms with Gasteiger partial charge in [0.15, 0.2) is 0 Å². The van der Waals surface area contributed by atoms with Gasteiger partial charge in [0.05, 0.1) is 0 Å². The van der Waals surface area contributed by atoms with Gasteiger partial charge in [-0.25, -0.2) is 0 Å². The van der Waals surface area contributed by atoms with Crippen LogP contribution in [0.15, 0.2) is 0 Å². The van der Waals surface area contributed by atoms with Gasteiger partial charge >= 0.3 is 0 Å². The smallest absolute Gasteiger partial charge is 0 e. The summed E-state index contributed by atoms with van der Waals surface area (Å²) in [4.78, 5) is 0. The van der Waals surface area contributed by atoms with Crippen LogP contribution in [0.25, 0.3) is 0 Å². The lowest BCUT2D eigenvalue weighted by atomic mass is 19.0. The quantitative estimate of drug-likeness (QED) is 0.459. The molecule has 2 radical (unpaired) electrons. The Kier molecular flexibility index (Phi) is 185000. The van der Waals surface area contributed by atoms with Crippen LogP contribution in [-0.2, 0) is 0 Å². The lowest BCUT2D eigenvalue weighted by molar-refractivity contribution is 1.11. The summed E-state index contributed by atoms with van der Waals surface area (Å²) in [6.07, 6.45) is 0. The van der Waals surface area contributed by atoms with Crippen molar-refractivity contribution in [3.8, 4) is 0 Å². The first kappa shape index (κ1) is 1410. The van der Waals surface area contributed by atoms with Gasteiger partial charge in [-0.3, -0.25) is 18.8 Å². The summed E-state index contributed by atoms with van der Waals surface area (Å²) in [6, 6.07) is 0. The normalized spacial score (nSPS) is 0. The van der Waals surface area contributed by atoms with E-state index in [4.69, 9.17) is 0 Å². The highest BCUT2D eigenvalue weighted by atomic mass is 35.5. The summed E-state index contributed by atoms with van der Waals surface area (Å²) in [5.41, 5.74) is 0. The number of hydrogen-bond acceptors (Lipinski definition) is 0. The summed E-state index contributed by atoms with van der Waals surface area (Å²) in [7, 11) is 0. The molecule has 0 spiro atoms. The van der Waals surface area contributed by atoms with E-state index in [2.05, 4.69) is 0 Å². The van der Waals surface area contributed by atoms with Gasteiger partial charge < -0.3 is 0 Å². The number of hydrogen-bond donors (Lipinski definition) is 0. The van der Waals surface area contributed by atoms with E-state index in [1.165, 1.54) is 0 Å². The molecule has 0 saturated heterocycles.